The molecule has 1 aliphatic heterocycles. The van der Waals surface area contributed by atoms with Gasteiger partial charge in [-0.05, 0) is 33.4 Å². The van der Waals surface area contributed by atoms with E-state index in [9.17, 15) is 0 Å². The zero-order valence-electron chi connectivity index (χ0n) is 7.60. The number of hydrogen-bond acceptors (Lipinski definition) is 2. The minimum Gasteiger partial charge on any atom is -0.370 e. The molecule has 0 amide bonds. The van der Waals surface area contributed by atoms with E-state index in [1.165, 1.54) is 25.7 Å². The maximum Gasteiger partial charge on any atom is 0.0839 e. The summed E-state index contributed by atoms with van der Waals surface area (Å²) in [6, 6.07) is 0. The standard InChI is InChI=1S/C9H19NO/c1-8-9(11-8)6-4-3-5-7-10-2/h8-10H,3-7H2,1-2H3. The van der Waals surface area contributed by atoms with Gasteiger partial charge in [0.25, 0.3) is 0 Å². The Bertz CT molecular complexity index is 106. The number of ether oxygens (including phenoxy) is 1. The quantitative estimate of drug-likeness (QED) is 0.467. The molecule has 0 radical (unpaired) electrons. The van der Waals surface area contributed by atoms with E-state index in [0.29, 0.717) is 12.2 Å². The third-order valence-electron chi connectivity index (χ3n) is 2.25. The van der Waals surface area contributed by atoms with Gasteiger partial charge in [0, 0.05) is 0 Å². The van der Waals surface area contributed by atoms with E-state index >= 15 is 0 Å². The Labute approximate surface area is 69.3 Å². The summed E-state index contributed by atoms with van der Waals surface area (Å²) in [6.07, 6.45) is 6.40. The molecule has 2 atom stereocenters. The van der Waals surface area contributed by atoms with Crippen molar-refractivity contribution in [2.24, 2.45) is 0 Å². The summed E-state index contributed by atoms with van der Waals surface area (Å²) < 4.78 is 5.31. The third-order valence-corrected chi connectivity index (χ3v) is 2.25. The Morgan fingerprint density at radius 1 is 1.27 bits per heavy atom. The largest absolute Gasteiger partial charge is 0.370 e. The normalized spacial score (nSPS) is 28.9. The van der Waals surface area contributed by atoms with Gasteiger partial charge in [-0.15, -0.1) is 0 Å². The van der Waals surface area contributed by atoms with Gasteiger partial charge in [0.15, 0.2) is 0 Å². The van der Waals surface area contributed by atoms with Crippen LogP contribution in [0.25, 0.3) is 0 Å². The van der Waals surface area contributed by atoms with Crippen molar-refractivity contribution >= 4 is 0 Å². The molecule has 2 nitrogen and oxygen atoms in total. The summed E-state index contributed by atoms with van der Waals surface area (Å²) in [7, 11) is 2.01. The Morgan fingerprint density at radius 3 is 2.55 bits per heavy atom. The van der Waals surface area contributed by atoms with Crippen LogP contribution in [0.2, 0.25) is 0 Å². The van der Waals surface area contributed by atoms with Crippen molar-refractivity contribution in [2.45, 2.75) is 44.8 Å². The molecule has 0 aromatic heterocycles. The molecular weight excluding hydrogens is 138 g/mol. The van der Waals surface area contributed by atoms with E-state index in [-0.39, 0.29) is 0 Å². The molecule has 1 aliphatic rings. The SMILES string of the molecule is CNCCCCCC1OC1C. The summed E-state index contributed by atoms with van der Waals surface area (Å²) >= 11 is 0. The van der Waals surface area contributed by atoms with Crippen molar-refractivity contribution in [1.29, 1.82) is 0 Å². The first-order valence-electron chi connectivity index (χ1n) is 4.64. The van der Waals surface area contributed by atoms with E-state index in [0.717, 1.165) is 6.54 Å². The molecule has 1 rings (SSSR count). The van der Waals surface area contributed by atoms with Gasteiger partial charge in [0.2, 0.25) is 0 Å². The molecule has 11 heavy (non-hydrogen) atoms. The van der Waals surface area contributed by atoms with Crippen molar-refractivity contribution in [2.75, 3.05) is 13.6 Å². The first kappa shape index (κ1) is 9.01. The van der Waals surface area contributed by atoms with Crippen molar-refractivity contribution in [3.8, 4) is 0 Å². The molecule has 0 aromatic rings. The third kappa shape index (κ3) is 3.73. The maximum absolute atomic E-state index is 5.31. The maximum atomic E-state index is 5.31. The van der Waals surface area contributed by atoms with E-state index in [4.69, 9.17) is 4.74 Å². The van der Waals surface area contributed by atoms with Crippen molar-refractivity contribution < 1.29 is 4.74 Å². The van der Waals surface area contributed by atoms with Crippen LogP contribution in [0, 0.1) is 0 Å². The van der Waals surface area contributed by atoms with Gasteiger partial charge in [-0.3, -0.25) is 0 Å². The highest BCUT2D eigenvalue weighted by Crippen LogP contribution is 2.26. The number of unbranched alkanes of at least 4 members (excludes halogenated alkanes) is 2. The molecule has 0 aliphatic carbocycles. The molecule has 1 N–H and O–H groups in total. The molecule has 0 aromatic carbocycles. The minimum atomic E-state index is 0.555. The van der Waals surface area contributed by atoms with Gasteiger partial charge in [-0.1, -0.05) is 12.8 Å². The average Bonchev–Trinajstić information content (AvgIpc) is 2.67. The highest BCUT2D eigenvalue weighted by atomic mass is 16.6. The summed E-state index contributed by atoms with van der Waals surface area (Å²) in [6.45, 7) is 3.30. The fourth-order valence-corrected chi connectivity index (χ4v) is 1.36. The molecule has 2 heteroatoms. The zero-order valence-corrected chi connectivity index (χ0v) is 7.60. The van der Waals surface area contributed by atoms with Crippen molar-refractivity contribution in [3.05, 3.63) is 0 Å². The molecule has 0 spiro atoms. The summed E-state index contributed by atoms with van der Waals surface area (Å²) in [5, 5.41) is 3.15. The molecule has 66 valence electrons. The van der Waals surface area contributed by atoms with Gasteiger partial charge < -0.3 is 10.1 Å². The summed E-state index contributed by atoms with van der Waals surface area (Å²) in [4.78, 5) is 0. The van der Waals surface area contributed by atoms with E-state index < -0.39 is 0 Å². The lowest BCUT2D eigenvalue weighted by molar-refractivity contribution is 0.365. The summed E-state index contributed by atoms with van der Waals surface area (Å²) in [5.41, 5.74) is 0. The number of rotatable bonds is 6. The molecule has 0 saturated carbocycles. The Morgan fingerprint density at radius 2 is 2.00 bits per heavy atom. The lowest BCUT2D eigenvalue weighted by Gasteiger charge is -1.97. The second kappa shape index (κ2) is 4.73. The minimum absolute atomic E-state index is 0.555. The highest BCUT2D eigenvalue weighted by Gasteiger charge is 2.32. The average molecular weight is 157 g/mol. The van der Waals surface area contributed by atoms with Gasteiger partial charge in [0.1, 0.15) is 0 Å². The number of hydrogen-bond donors (Lipinski definition) is 1. The molecule has 1 fully saturated rings. The van der Waals surface area contributed by atoms with Crippen LogP contribution in [-0.2, 0) is 4.74 Å². The van der Waals surface area contributed by atoms with Crippen LogP contribution in [0.3, 0.4) is 0 Å². The second-order valence-electron chi connectivity index (χ2n) is 3.33. The molecule has 1 heterocycles. The van der Waals surface area contributed by atoms with Crippen LogP contribution in [0.5, 0.6) is 0 Å². The van der Waals surface area contributed by atoms with Crippen molar-refractivity contribution in [3.63, 3.8) is 0 Å². The van der Waals surface area contributed by atoms with Gasteiger partial charge in [-0.2, -0.15) is 0 Å². The highest BCUT2D eigenvalue weighted by molar-refractivity contribution is 4.79. The molecule has 0 bridgehead atoms. The molecule has 2 unspecified atom stereocenters. The van der Waals surface area contributed by atoms with Crippen LogP contribution in [0.1, 0.15) is 32.6 Å². The van der Waals surface area contributed by atoms with Gasteiger partial charge >= 0.3 is 0 Å². The lowest BCUT2D eigenvalue weighted by atomic mass is 10.1. The summed E-state index contributed by atoms with van der Waals surface area (Å²) in [5.74, 6) is 0. The number of epoxide rings is 1. The van der Waals surface area contributed by atoms with Crippen LogP contribution < -0.4 is 5.32 Å². The van der Waals surface area contributed by atoms with E-state index in [2.05, 4.69) is 12.2 Å². The van der Waals surface area contributed by atoms with Crippen LogP contribution in [0.15, 0.2) is 0 Å². The fourth-order valence-electron chi connectivity index (χ4n) is 1.36. The second-order valence-corrected chi connectivity index (χ2v) is 3.33. The topological polar surface area (TPSA) is 24.6 Å². The van der Waals surface area contributed by atoms with Crippen LogP contribution in [-0.4, -0.2) is 25.8 Å². The predicted molar refractivity (Wildman–Crippen MR) is 46.7 cm³/mol. The molecule has 1 saturated heterocycles. The molecular formula is C9H19NO. The van der Waals surface area contributed by atoms with Crippen molar-refractivity contribution in [1.82, 2.24) is 5.32 Å². The Kier molecular flexibility index (Phi) is 3.87. The Hall–Kier alpha value is -0.0800. The van der Waals surface area contributed by atoms with E-state index in [1.807, 2.05) is 7.05 Å². The Balaban J connectivity index is 1.74. The van der Waals surface area contributed by atoms with Gasteiger partial charge in [-0.25, -0.2) is 0 Å². The lowest BCUT2D eigenvalue weighted by Crippen LogP contribution is -2.07. The first-order valence-corrected chi connectivity index (χ1v) is 4.64. The predicted octanol–water partition coefficient (Wildman–Crippen LogP) is 1.55. The fraction of sp³-hybridized carbons (Fsp3) is 1.00. The van der Waals surface area contributed by atoms with Crippen LogP contribution >= 0.6 is 0 Å². The smallest absolute Gasteiger partial charge is 0.0839 e. The monoisotopic (exact) mass is 157 g/mol. The van der Waals surface area contributed by atoms with Gasteiger partial charge in [0.05, 0.1) is 12.2 Å². The first-order chi connectivity index (χ1) is 5.34. The number of nitrogens with one attached hydrogen (secondary N) is 1. The van der Waals surface area contributed by atoms with E-state index in [1.54, 1.807) is 0 Å². The zero-order chi connectivity index (χ0) is 8.10. The van der Waals surface area contributed by atoms with Crippen LogP contribution in [0.4, 0.5) is 0 Å².